The molecule has 1 heterocycles. The van der Waals surface area contributed by atoms with Gasteiger partial charge in [-0.1, -0.05) is 37.5 Å². The minimum absolute atomic E-state index is 0.0318. The second-order valence-electron chi connectivity index (χ2n) is 7.91. The van der Waals surface area contributed by atoms with Gasteiger partial charge < -0.3 is 14.4 Å². The second-order valence-corrected chi connectivity index (χ2v) is 7.91. The van der Waals surface area contributed by atoms with Gasteiger partial charge in [0.1, 0.15) is 11.2 Å². The van der Waals surface area contributed by atoms with Crippen molar-refractivity contribution in [1.29, 1.82) is 0 Å². The summed E-state index contributed by atoms with van der Waals surface area (Å²) in [6, 6.07) is 10.9. The van der Waals surface area contributed by atoms with Crippen LogP contribution in [0.2, 0.25) is 0 Å². The van der Waals surface area contributed by atoms with Crippen LogP contribution in [0.5, 0.6) is 0 Å². The minimum Gasteiger partial charge on any atom is -0.478 e. The highest BCUT2D eigenvalue weighted by atomic mass is 16.4. The van der Waals surface area contributed by atoms with Gasteiger partial charge in [0.25, 0.3) is 0 Å². The molecular formula is C23H25NO4. The number of hydrogen-bond donors (Lipinski definition) is 1. The van der Waals surface area contributed by atoms with Crippen molar-refractivity contribution in [2.75, 3.05) is 4.90 Å². The summed E-state index contributed by atoms with van der Waals surface area (Å²) in [5.41, 5.74) is 1.79. The Kier molecular flexibility index (Phi) is 4.84. The smallest absolute Gasteiger partial charge is 0.337 e. The van der Waals surface area contributed by atoms with E-state index < -0.39 is 5.97 Å². The number of carbonyl (C=O) groups excluding carboxylic acids is 1. The zero-order chi connectivity index (χ0) is 19.8. The Labute approximate surface area is 163 Å². The zero-order valence-corrected chi connectivity index (χ0v) is 16.3. The van der Waals surface area contributed by atoms with Crippen LogP contribution < -0.4 is 4.90 Å². The van der Waals surface area contributed by atoms with Crippen LogP contribution in [0.1, 0.15) is 56.3 Å². The van der Waals surface area contributed by atoms with Crippen LogP contribution in [0.25, 0.3) is 21.9 Å². The average Bonchev–Trinajstić information content (AvgIpc) is 3.05. The van der Waals surface area contributed by atoms with E-state index in [1.807, 2.05) is 44.2 Å². The van der Waals surface area contributed by atoms with Gasteiger partial charge in [-0.2, -0.15) is 0 Å². The molecule has 3 aromatic rings. The van der Waals surface area contributed by atoms with Gasteiger partial charge >= 0.3 is 5.97 Å². The first-order valence-electron chi connectivity index (χ1n) is 9.99. The van der Waals surface area contributed by atoms with E-state index in [1.54, 1.807) is 11.0 Å². The normalized spacial score (nSPS) is 15.4. The summed E-state index contributed by atoms with van der Waals surface area (Å²) in [5, 5.41) is 11.6. The molecule has 4 rings (SSSR count). The number of carbonyl (C=O) groups is 2. The monoisotopic (exact) mass is 379 g/mol. The number of hydrogen-bond acceptors (Lipinski definition) is 3. The number of carboxylic acid groups (broad SMARTS) is 1. The Hall–Kier alpha value is -2.82. The highest BCUT2D eigenvalue weighted by molar-refractivity contribution is 6.12. The van der Waals surface area contributed by atoms with E-state index in [0.29, 0.717) is 16.9 Å². The third kappa shape index (κ3) is 3.15. The number of rotatable bonds is 4. The summed E-state index contributed by atoms with van der Waals surface area (Å²) in [6.07, 6.45) is 5.03. The molecule has 28 heavy (non-hydrogen) atoms. The Morgan fingerprint density at radius 2 is 1.75 bits per heavy atom. The first-order chi connectivity index (χ1) is 13.5. The maximum Gasteiger partial charge on any atom is 0.337 e. The number of benzene rings is 2. The molecular weight excluding hydrogens is 354 g/mol. The predicted molar refractivity (Wildman–Crippen MR) is 110 cm³/mol. The van der Waals surface area contributed by atoms with E-state index in [1.165, 1.54) is 6.42 Å². The molecule has 0 bridgehead atoms. The third-order valence-electron chi connectivity index (χ3n) is 5.69. The quantitative estimate of drug-likeness (QED) is 0.640. The SMILES string of the molecule is CC(C)N(C(=O)C1CCCCC1)c1cc2c(cc1C(=O)O)oc1ccccc12. The van der Waals surface area contributed by atoms with Crippen molar-refractivity contribution in [2.45, 2.75) is 52.0 Å². The Morgan fingerprint density at radius 3 is 2.43 bits per heavy atom. The van der Waals surface area contributed by atoms with Crippen LogP contribution in [0.15, 0.2) is 40.8 Å². The Balaban J connectivity index is 1.89. The first-order valence-corrected chi connectivity index (χ1v) is 9.99. The van der Waals surface area contributed by atoms with Gasteiger partial charge in [-0.15, -0.1) is 0 Å². The maximum atomic E-state index is 13.4. The molecule has 5 heteroatoms. The Bertz CT molecular complexity index is 1040. The van der Waals surface area contributed by atoms with Gasteiger partial charge in [0, 0.05) is 22.7 Å². The molecule has 0 unspecified atom stereocenters. The van der Waals surface area contributed by atoms with Crippen molar-refractivity contribution >= 4 is 39.5 Å². The summed E-state index contributed by atoms with van der Waals surface area (Å²) in [7, 11) is 0. The van der Waals surface area contributed by atoms with Crippen LogP contribution in [-0.2, 0) is 4.79 Å². The molecule has 1 aromatic heterocycles. The largest absolute Gasteiger partial charge is 0.478 e. The van der Waals surface area contributed by atoms with Crippen molar-refractivity contribution in [3.05, 3.63) is 42.0 Å². The molecule has 146 valence electrons. The van der Waals surface area contributed by atoms with Crippen molar-refractivity contribution in [1.82, 2.24) is 0 Å². The van der Waals surface area contributed by atoms with Crippen LogP contribution in [0.3, 0.4) is 0 Å². The minimum atomic E-state index is -1.06. The standard InChI is InChI=1S/C23H25NO4/c1-14(2)24(22(25)15-8-4-3-5-9-15)19-12-17-16-10-6-7-11-20(16)28-21(17)13-18(19)23(26)27/h6-7,10-15H,3-5,8-9H2,1-2H3,(H,26,27). The molecule has 1 saturated carbocycles. The summed E-state index contributed by atoms with van der Waals surface area (Å²) in [5.74, 6) is -1.06. The topological polar surface area (TPSA) is 70.8 Å². The van der Waals surface area contributed by atoms with Crippen LogP contribution in [0.4, 0.5) is 5.69 Å². The van der Waals surface area contributed by atoms with Gasteiger partial charge in [-0.05, 0) is 44.9 Å². The second kappa shape index (κ2) is 7.30. The number of anilines is 1. The van der Waals surface area contributed by atoms with Crippen LogP contribution >= 0.6 is 0 Å². The molecule has 5 nitrogen and oxygen atoms in total. The molecule has 0 atom stereocenters. The fourth-order valence-electron chi connectivity index (χ4n) is 4.33. The van der Waals surface area contributed by atoms with E-state index in [-0.39, 0.29) is 23.4 Å². The van der Waals surface area contributed by atoms with Crippen molar-refractivity contribution in [3.63, 3.8) is 0 Å². The lowest BCUT2D eigenvalue weighted by molar-refractivity contribution is -0.123. The lowest BCUT2D eigenvalue weighted by atomic mass is 9.87. The van der Waals surface area contributed by atoms with E-state index in [0.717, 1.165) is 36.5 Å². The zero-order valence-electron chi connectivity index (χ0n) is 16.3. The van der Waals surface area contributed by atoms with Gasteiger partial charge in [0.15, 0.2) is 0 Å². The molecule has 1 amide bonds. The fraction of sp³-hybridized carbons (Fsp3) is 0.391. The summed E-state index contributed by atoms with van der Waals surface area (Å²) < 4.78 is 5.85. The number of nitrogens with zero attached hydrogens (tertiary/aromatic N) is 1. The van der Waals surface area contributed by atoms with Crippen molar-refractivity contribution in [3.8, 4) is 0 Å². The number of fused-ring (bicyclic) bond motifs is 3. The van der Waals surface area contributed by atoms with E-state index in [9.17, 15) is 14.7 Å². The lowest BCUT2D eigenvalue weighted by Crippen LogP contribution is -2.42. The number of carboxylic acids is 1. The van der Waals surface area contributed by atoms with Crippen molar-refractivity contribution < 1.29 is 19.1 Å². The van der Waals surface area contributed by atoms with E-state index >= 15 is 0 Å². The molecule has 1 aliphatic rings. The van der Waals surface area contributed by atoms with Gasteiger partial charge in [-0.3, -0.25) is 4.79 Å². The van der Waals surface area contributed by atoms with Gasteiger partial charge in [-0.25, -0.2) is 4.79 Å². The predicted octanol–water partition coefficient (Wildman–Crippen LogP) is 5.61. The number of para-hydroxylation sites is 1. The lowest BCUT2D eigenvalue weighted by Gasteiger charge is -2.33. The van der Waals surface area contributed by atoms with Crippen molar-refractivity contribution in [2.24, 2.45) is 5.92 Å². The molecule has 1 aliphatic carbocycles. The third-order valence-corrected chi connectivity index (χ3v) is 5.69. The highest BCUT2D eigenvalue weighted by Crippen LogP contribution is 2.36. The molecule has 1 N–H and O–H groups in total. The number of amides is 1. The average molecular weight is 379 g/mol. The fourth-order valence-corrected chi connectivity index (χ4v) is 4.33. The summed E-state index contributed by atoms with van der Waals surface area (Å²) >= 11 is 0. The van der Waals surface area contributed by atoms with Gasteiger partial charge in [0.2, 0.25) is 5.91 Å². The Morgan fingerprint density at radius 1 is 1.04 bits per heavy atom. The van der Waals surface area contributed by atoms with Gasteiger partial charge in [0.05, 0.1) is 11.3 Å². The number of aromatic carboxylic acids is 1. The highest BCUT2D eigenvalue weighted by Gasteiger charge is 2.31. The molecule has 2 aromatic carbocycles. The van der Waals surface area contributed by atoms with Crippen LogP contribution in [0, 0.1) is 5.92 Å². The number of furan rings is 1. The molecule has 0 aliphatic heterocycles. The van der Waals surface area contributed by atoms with Crippen LogP contribution in [-0.4, -0.2) is 23.0 Å². The first kappa shape index (κ1) is 18.5. The maximum absolute atomic E-state index is 13.4. The molecule has 1 fully saturated rings. The molecule has 0 spiro atoms. The van der Waals surface area contributed by atoms with E-state index in [4.69, 9.17) is 4.42 Å². The summed E-state index contributed by atoms with van der Waals surface area (Å²) in [6.45, 7) is 3.87. The van der Waals surface area contributed by atoms with E-state index in [2.05, 4.69) is 0 Å². The molecule has 0 radical (unpaired) electrons. The molecule has 0 saturated heterocycles. The summed E-state index contributed by atoms with van der Waals surface area (Å²) in [4.78, 5) is 27.1.